The van der Waals surface area contributed by atoms with E-state index < -0.39 is 12.8 Å². The Kier molecular flexibility index (Phi) is 10.7. The van der Waals surface area contributed by atoms with Crippen molar-refractivity contribution in [1.82, 2.24) is 15.6 Å². The van der Waals surface area contributed by atoms with E-state index in [-0.39, 0.29) is 24.4 Å². The van der Waals surface area contributed by atoms with Gasteiger partial charge in [0, 0.05) is 31.8 Å². The number of urea groups is 1. The summed E-state index contributed by atoms with van der Waals surface area (Å²) in [6.45, 7) is 1.36. The predicted octanol–water partition coefficient (Wildman–Crippen LogP) is 3.34. The zero-order valence-electron chi connectivity index (χ0n) is 15.8. The van der Waals surface area contributed by atoms with Crippen molar-refractivity contribution in [1.29, 1.82) is 0 Å². The number of ether oxygens (including phenoxy) is 2. The molecule has 1 aromatic heterocycles. The second-order valence-electron chi connectivity index (χ2n) is 5.98. The average molecular weight is 405 g/mol. The average Bonchev–Trinajstić information content (AvgIpc) is 2.64. The van der Waals surface area contributed by atoms with Crippen LogP contribution in [0.25, 0.3) is 0 Å². The van der Waals surface area contributed by atoms with E-state index >= 15 is 0 Å². The summed E-state index contributed by atoms with van der Waals surface area (Å²) in [5.41, 5.74) is 0.571. The van der Waals surface area contributed by atoms with Crippen LogP contribution in [0.2, 0.25) is 0 Å². The first kappa shape index (κ1) is 23.5. The van der Waals surface area contributed by atoms with Crippen molar-refractivity contribution in [2.24, 2.45) is 0 Å². The molecule has 0 atom stereocenters. The molecule has 10 heteroatoms. The number of hydrogen-bond acceptors (Lipinski definition) is 5. The lowest BCUT2D eigenvalue weighted by molar-refractivity contribution is -0.154. The molecule has 0 aliphatic rings. The Morgan fingerprint density at radius 2 is 1.89 bits per heavy atom. The normalized spacial score (nSPS) is 11.0. The maximum atomic E-state index is 12.1. The molecule has 0 aromatic carbocycles. The summed E-state index contributed by atoms with van der Waals surface area (Å²) in [6.07, 6.45) is 0.574. The molecule has 0 saturated heterocycles. The van der Waals surface area contributed by atoms with E-state index in [2.05, 4.69) is 20.4 Å². The number of carbonyl (C=O) groups is 2. The second-order valence-corrected chi connectivity index (χ2v) is 5.98. The number of halogens is 3. The highest BCUT2D eigenvalue weighted by Crippen LogP contribution is 2.17. The van der Waals surface area contributed by atoms with Gasteiger partial charge in [0.2, 0.25) is 5.88 Å². The molecule has 0 radical (unpaired) electrons. The molecular formula is C18H26F3N3O4. The third-order valence-corrected chi connectivity index (χ3v) is 3.53. The number of pyridine rings is 1. The quantitative estimate of drug-likeness (QED) is 0.411. The number of rotatable bonds is 12. The Morgan fingerprint density at radius 3 is 2.61 bits per heavy atom. The van der Waals surface area contributed by atoms with Gasteiger partial charge in [-0.2, -0.15) is 13.2 Å². The van der Waals surface area contributed by atoms with E-state index in [9.17, 15) is 22.8 Å². The standard InChI is InChI=1S/C18H26F3N3O4/c1-2-27-16(25)7-5-3-4-6-9-23-17(26)24-12-14-8-10-22-15(11-14)28-13-18(19,20)21/h8,10-11H,2-7,9,12-13H2,1H3,(H2,23,24,26). The molecule has 158 valence electrons. The Labute approximate surface area is 162 Å². The van der Waals surface area contributed by atoms with Gasteiger partial charge >= 0.3 is 18.2 Å². The summed E-state index contributed by atoms with van der Waals surface area (Å²) in [4.78, 5) is 26.6. The van der Waals surface area contributed by atoms with Crippen molar-refractivity contribution in [3.8, 4) is 5.88 Å². The third kappa shape index (κ3) is 12.0. The number of unbranched alkanes of at least 4 members (excludes halogenated alkanes) is 3. The fourth-order valence-corrected chi connectivity index (χ4v) is 2.22. The highest BCUT2D eigenvalue weighted by molar-refractivity contribution is 5.73. The smallest absolute Gasteiger partial charge is 0.422 e. The first-order chi connectivity index (χ1) is 13.3. The number of carbonyl (C=O) groups excluding carboxylic acids is 2. The summed E-state index contributed by atoms with van der Waals surface area (Å²) in [5.74, 6) is -0.345. The number of alkyl halides is 3. The molecule has 0 unspecified atom stereocenters. The maximum Gasteiger partial charge on any atom is 0.422 e. The first-order valence-corrected chi connectivity index (χ1v) is 9.12. The molecule has 7 nitrogen and oxygen atoms in total. The van der Waals surface area contributed by atoms with E-state index in [1.807, 2.05) is 0 Å². The highest BCUT2D eigenvalue weighted by Gasteiger charge is 2.28. The molecule has 0 saturated carbocycles. The summed E-state index contributed by atoms with van der Waals surface area (Å²) in [6, 6.07) is 2.54. The molecule has 0 fully saturated rings. The van der Waals surface area contributed by atoms with Gasteiger partial charge in [-0.3, -0.25) is 4.79 Å². The minimum atomic E-state index is -4.44. The molecule has 1 heterocycles. The summed E-state index contributed by atoms with van der Waals surface area (Å²) in [7, 11) is 0. The lowest BCUT2D eigenvalue weighted by Gasteiger charge is -2.10. The summed E-state index contributed by atoms with van der Waals surface area (Å²) >= 11 is 0. The van der Waals surface area contributed by atoms with E-state index in [1.54, 1.807) is 13.0 Å². The van der Waals surface area contributed by atoms with Gasteiger partial charge in [0.15, 0.2) is 6.61 Å². The number of nitrogens with one attached hydrogen (secondary N) is 2. The Balaban J connectivity index is 2.14. The highest BCUT2D eigenvalue weighted by atomic mass is 19.4. The Bertz CT molecular complexity index is 612. The van der Waals surface area contributed by atoms with Gasteiger partial charge in [-0.05, 0) is 31.4 Å². The van der Waals surface area contributed by atoms with Gasteiger partial charge in [-0.1, -0.05) is 12.8 Å². The number of esters is 1. The molecule has 0 spiro atoms. The number of amides is 2. The van der Waals surface area contributed by atoms with Crippen molar-refractivity contribution >= 4 is 12.0 Å². The zero-order chi connectivity index (χ0) is 20.8. The number of hydrogen-bond donors (Lipinski definition) is 2. The van der Waals surface area contributed by atoms with Crippen LogP contribution >= 0.6 is 0 Å². The van der Waals surface area contributed by atoms with Crippen molar-refractivity contribution < 1.29 is 32.2 Å². The number of nitrogens with zero attached hydrogens (tertiary/aromatic N) is 1. The van der Waals surface area contributed by atoms with Gasteiger partial charge in [0.25, 0.3) is 0 Å². The third-order valence-electron chi connectivity index (χ3n) is 3.53. The van der Waals surface area contributed by atoms with Crippen LogP contribution in [0.5, 0.6) is 5.88 Å². The fraction of sp³-hybridized carbons (Fsp3) is 0.611. The second kappa shape index (κ2) is 12.8. The molecule has 0 bridgehead atoms. The van der Waals surface area contributed by atoms with Crippen molar-refractivity contribution in [2.75, 3.05) is 19.8 Å². The van der Waals surface area contributed by atoms with Gasteiger partial charge in [-0.25, -0.2) is 9.78 Å². The zero-order valence-corrected chi connectivity index (χ0v) is 15.8. The van der Waals surface area contributed by atoms with Crippen molar-refractivity contribution in [3.63, 3.8) is 0 Å². The summed E-state index contributed by atoms with van der Waals surface area (Å²) < 4.78 is 45.8. The van der Waals surface area contributed by atoms with Gasteiger partial charge in [0.05, 0.1) is 6.61 Å². The number of aromatic nitrogens is 1. The van der Waals surface area contributed by atoms with Crippen LogP contribution in [0.3, 0.4) is 0 Å². The van der Waals surface area contributed by atoms with Gasteiger partial charge in [-0.15, -0.1) is 0 Å². The van der Waals surface area contributed by atoms with Crippen molar-refractivity contribution in [3.05, 3.63) is 23.9 Å². The van der Waals surface area contributed by atoms with Gasteiger partial charge in [0.1, 0.15) is 0 Å². The molecule has 2 amide bonds. The monoisotopic (exact) mass is 405 g/mol. The topological polar surface area (TPSA) is 89.5 Å². The maximum absolute atomic E-state index is 12.1. The van der Waals surface area contributed by atoms with Crippen LogP contribution in [0.15, 0.2) is 18.3 Å². The van der Waals surface area contributed by atoms with E-state index in [0.717, 1.165) is 25.7 Å². The minimum absolute atomic E-state index is 0.135. The minimum Gasteiger partial charge on any atom is -0.468 e. The fourth-order valence-electron chi connectivity index (χ4n) is 2.22. The molecular weight excluding hydrogens is 379 g/mol. The van der Waals surface area contributed by atoms with Crippen molar-refractivity contribution in [2.45, 2.75) is 51.7 Å². The van der Waals surface area contributed by atoms with Crippen LogP contribution in [0.1, 0.15) is 44.6 Å². The van der Waals surface area contributed by atoms with Gasteiger partial charge < -0.3 is 20.1 Å². The molecule has 0 aliphatic carbocycles. The predicted molar refractivity (Wildman–Crippen MR) is 95.7 cm³/mol. The van der Waals surface area contributed by atoms with Crippen LogP contribution in [-0.4, -0.2) is 42.9 Å². The lowest BCUT2D eigenvalue weighted by atomic mass is 10.1. The molecule has 1 aromatic rings. The lowest BCUT2D eigenvalue weighted by Crippen LogP contribution is -2.35. The molecule has 1 rings (SSSR count). The Morgan fingerprint density at radius 1 is 1.14 bits per heavy atom. The molecule has 28 heavy (non-hydrogen) atoms. The Hall–Kier alpha value is -2.52. The summed E-state index contributed by atoms with van der Waals surface area (Å²) in [5, 5.41) is 5.31. The van der Waals surface area contributed by atoms with Crippen LogP contribution in [0, 0.1) is 0 Å². The largest absolute Gasteiger partial charge is 0.468 e. The first-order valence-electron chi connectivity index (χ1n) is 9.12. The van der Waals surface area contributed by atoms with Crippen LogP contribution in [-0.2, 0) is 16.1 Å². The van der Waals surface area contributed by atoms with E-state index in [0.29, 0.717) is 25.1 Å². The van der Waals surface area contributed by atoms with Crippen LogP contribution in [0.4, 0.5) is 18.0 Å². The SMILES string of the molecule is CCOC(=O)CCCCCCNC(=O)NCc1ccnc(OCC(F)(F)F)c1. The van der Waals surface area contributed by atoms with E-state index in [4.69, 9.17) is 4.74 Å². The van der Waals surface area contributed by atoms with Crippen LogP contribution < -0.4 is 15.4 Å². The molecule has 2 N–H and O–H groups in total. The molecule has 0 aliphatic heterocycles. The van der Waals surface area contributed by atoms with E-state index in [1.165, 1.54) is 12.3 Å².